The van der Waals surface area contributed by atoms with Gasteiger partial charge in [0.25, 0.3) is 5.91 Å². The van der Waals surface area contributed by atoms with Crippen LogP contribution in [0.4, 0.5) is 5.69 Å². The maximum absolute atomic E-state index is 13.0. The number of nitrogens with one attached hydrogen (secondary N) is 1. The number of amides is 2. The van der Waals surface area contributed by atoms with Gasteiger partial charge in [-0.25, -0.2) is 4.98 Å². The number of anilines is 1. The van der Waals surface area contributed by atoms with Crippen LogP contribution in [-0.2, 0) is 4.79 Å². The Labute approximate surface area is 172 Å². The average molecular weight is 407 g/mol. The predicted octanol–water partition coefficient (Wildman–Crippen LogP) is 4.28. The largest absolute Gasteiger partial charge is 0.440 e. The van der Waals surface area contributed by atoms with Crippen molar-refractivity contribution in [1.82, 2.24) is 9.88 Å². The number of aromatic nitrogens is 1. The van der Waals surface area contributed by atoms with E-state index in [4.69, 9.17) is 4.42 Å². The number of hydrogen-bond donors (Lipinski definition) is 1. The molecule has 7 heteroatoms. The van der Waals surface area contributed by atoms with Crippen LogP contribution in [0.15, 0.2) is 51.8 Å². The summed E-state index contributed by atoms with van der Waals surface area (Å²) in [5.41, 5.74) is 3.03. The van der Waals surface area contributed by atoms with Crippen molar-refractivity contribution >= 4 is 40.4 Å². The molecule has 1 fully saturated rings. The van der Waals surface area contributed by atoms with Gasteiger partial charge in [-0.15, -0.1) is 11.8 Å². The topological polar surface area (TPSA) is 75.4 Å². The lowest BCUT2D eigenvalue weighted by molar-refractivity contribution is -0.115. The Morgan fingerprint density at radius 2 is 2.00 bits per heavy atom. The van der Waals surface area contributed by atoms with Gasteiger partial charge in [0.2, 0.25) is 5.91 Å². The summed E-state index contributed by atoms with van der Waals surface area (Å²) in [5.74, 6) is 0.973. The van der Waals surface area contributed by atoms with Gasteiger partial charge in [0.15, 0.2) is 11.5 Å². The number of hydrogen-bond acceptors (Lipinski definition) is 5. The fourth-order valence-corrected chi connectivity index (χ4v) is 4.85. The molecule has 1 aromatic heterocycles. The maximum atomic E-state index is 13.0. The number of fused-ring (bicyclic) bond motifs is 2. The third-order valence-electron chi connectivity index (χ3n) is 5.60. The van der Waals surface area contributed by atoms with E-state index in [9.17, 15) is 9.59 Å². The average Bonchev–Trinajstić information content (AvgIpc) is 3.18. The van der Waals surface area contributed by atoms with E-state index in [1.54, 1.807) is 6.07 Å². The van der Waals surface area contributed by atoms with Gasteiger partial charge in [0.05, 0.1) is 10.9 Å². The van der Waals surface area contributed by atoms with Gasteiger partial charge in [0, 0.05) is 29.5 Å². The second-order valence-corrected chi connectivity index (χ2v) is 8.93. The quantitative estimate of drug-likeness (QED) is 0.686. The summed E-state index contributed by atoms with van der Waals surface area (Å²) in [7, 11) is 0. The number of likely N-dealkylation sites (tertiary alicyclic amines) is 1. The van der Waals surface area contributed by atoms with Crippen molar-refractivity contribution in [3.63, 3.8) is 0 Å². The van der Waals surface area contributed by atoms with Crippen LogP contribution in [0, 0.1) is 0 Å². The zero-order chi connectivity index (χ0) is 20.0. The van der Waals surface area contributed by atoms with E-state index < -0.39 is 0 Å². The van der Waals surface area contributed by atoms with Crippen molar-refractivity contribution in [2.75, 3.05) is 18.4 Å². The fourth-order valence-electron chi connectivity index (χ4n) is 3.92. The van der Waals surface area contributed by atoms with Crippen molar-refractivity contribution in [3.8, 4) is 0 Å². The highest BCUT2D eigenvalue weighted by Gasteiger charge is 2.29. The molecule has 29 heavy (non-hydrogen) atoms. The molecule has 3 aromatic rings. The minimum Gasteiger partial charge on any atom is -0.440 e. The Balaban J connectivity index is 1.28. The third kappa shape index (κ3) is 3.40. The first-order valence-corrected chi connectivity index (χ1v) is 10.7. The van der Waals surface area contributed by atoms with Crippen LogP contribution < -0.4 is 5.32 Å². The zero-order valence-corrected chi connectivity index (χ0v) is 16.9. The summed E-state index contributed by atoms with van der Waals surface area (Å²) in [6.07, 6.45) is 1.65. The van der Waals surface area contributed by atoms with Crippen molar-refractivity contribution in [3.05, 3.63) is 53.9 Å². The lowest BCUT2D eigenvalue weighted by atomic mass is 9.96. The SMILES string of the molecule is CC1Sc2ccc(C(=O)N3CCC(c4nc5ccccc5o4)CC3)cc2NC1=O. The standard InChI is InChI=1S/C22H21N3O3S/c1-13-20(26)23-17-12-15(6-7-19(17)29-13)22(27)25-10-8-14(9-11-25)21-24-16-4-2-3-5-18(16)28-21/h2-7,12-14H,8-11H2,1H3,(H,23,26). The maximum Gasteiger partial charge on any atom is 0.253 e. The highest BCUT2D eigenvalue weighted by atomic mass is 32.2. The van der Waals surface area contributed by atoms with E-state index in [2.05, 4.69) is 10.3 Å². The number of carbonyl (C=O) groups is 2. The molecule has 1 atom stereocenters. The van der Waals surface area contributed by atoms with Crippen LogP contribution in [0.5, 0.6) is 0 Å². The van der Waals surface area contributed by atoms with Crippen LogP contribution in [0.3, 0.4) is 0 Å². The van der Waals surface area contributed by atoms with Crippen molar-refractivity contribution < 1.29 is 14.0 Å². The molecule has 148 valence electrons. The van der Waals surface area contributed by atoms with Crippen LogP contribution in [0.2, 0.25) is 0 Å². The van der Waals surface area contributed by atoms with Gasteiger partial charge in [-0.1, -0.05) is 12.1 Å². The van der Waals surface area contributed by atoms with E-state index in [1.807, 2.05) is 48.2 Å². The summed E-state index contributed by atoms with van der Waals surface area (Å²) in [5, 5.41) is 2.78. The molecule has 6 nitrogen and oxygen atoms in total. The van der Waals surface area contributed by atoms with Crippen LogP contribution in [0.1, 0.15) is 41.9 Å². The van der Waals surface area contributed by atoms with E-state index in [0.29, 0.717) is 18.7 Å². The molecule has 2 aliphatic heterocycles. The minimum absolute atomic E-state index is 0.00156. The molecular formula is C22H21N3O3S. The lowest BCUT2D eigenvalue weighted by Gasteiger charge is -2.31. The highest BCUT2D eigenvalue weighted by molar-refractivity contribution is 8.00. The van der Waals surface area contributed by atoms with Gasteiger partial charge in [-0.2, -0.15) is 0 Å². The molecule has 0 saturated carbocycles. The molecule has 0 spiro atoms. The Morgan fingerprint density at radius 3 is 2.79 bits per heavy atom. The van der Waals surface area contributed by atoms with Gasteiger partial charge in [-0.05, 0) is 50.1 Å². The Hall–Kier alpha value is -2.80. The van der Waals surface area contributed by atoms with Gasteiger partial charge in [0.1, 0.15) is 5.52 Å². The number of carbonyl (C=O) groups excluding carboxylic acids is 2. The smallest absolute Gasteiger partial charge is 0.253 e. The molecular weight excluding hydrogens is 386 g/mol. The molecule has 1 unspecified atom stereocenters. The fraction of sp³-hybridized carbons (Fsp3) is 0.318. The number of rotatable bonds is 2. The molecule has 0 aliphatic carbocycles. The molecule has 2 aromatic carbocycles. The van der Waals surface area contributed by atoms with Gasteiger partial charge >= 0.3 is 0 Å². The Bertz CT molecular complexity index is 1070. The first-order valence-electron chi connectivity index (χ1n) is 9.85. The minimum atomic E-state index is -0.116. The lowest BCUT2D eigenvalue weighted by Crippen LogP contribution is -2.38. The van der Waals surface area contributed by atoms with Crippen molar-refractivity contribution in [2.24, 2.45) is 0 Å². The summed E-state index contributed by atoms with van der Waals surface area (Å²) in [4.78, 5) is 32.4. The summed E-state index contributed by atoms with van der Waals surface area (Å²) in [6, 6.07) is 13.4. The number of para-hydroxylation sites is 2. The van der Waals surface area contributed by atoms with Crippen LogP contribution in [-0.4, -0.2) is 40.0 Å². The number of piperidine rings is 1. The van der Waals surface area contributed by atoms with Gasteiger partial charge in [-0.3, -0.25) is 9.59 Å². The van der Waals surface area contributed by atoms with E-state index in [-0.39, 0.29) is 23.0 Å². The van der Waals surface area contributed by atoms with Gasteiger partial charge < -0.3 is 14.6 Å². The van der Waals surface area contributed by atoms with Crippen LogP contribution in [0.25, 0.3) is 11.1 Å². The molecule has 0 bridgehead atoms. The first kappa shape index (κ1) is 18.2. The van der Waals surface area contributed by atoms with Crippen molar-refractivity contribution in [2.45, 2.75) is 35.8 Å². The van der Waals surface area contributed by atoms with E-state index >= 15 is 0 Å². The van der Waals surface area contributed by atoms with E-state index in [0.717, 1.165) is 40.4 Å². The highest BCUT2D eigenvalue weighted by Crippen LogP contribution is 2.36. The summed E-state index contributed by atoms with van der Waals surface area (Å²) < 4.78 is 5.91. The second kappa shape index (κ2) is 7.22. The molecule has 0 radical (unpaired) electrons. The van der Waals surface area contributed by atoms with Crippen molar-refractivity contribution in [1.29, 1.82) is 0 Å². The second-order valence-electron chi connectivity index (χ2n) is 7.55. The third-order valence-corrected chi connectivity index (χ3v) is 6.78. The number of oxazole rings is 1. The molecule has 1 saturated heterocycles. The number of nitrogens with zero attached hydrogens (tertiary/aromatic N) is 2. The molecule has 1 N–H and O–H groups in total. The summed E-state index contributed by atoms with van der Waals surface area (Å²) in [6.45, 7) is 3.21. The molecule has 2 amide bonds. The van der Waals surface area contributed by atoms with E-state index in [1.165, 1.54) is 11.8 Å². The van der Waals surface area contributed by atoms with Crippen LogP contribution >= 0.6 is 11.8 Å². The molecule has 5 rings (SSSR count). The molecule has 2 aliphatic rings. The predicted molar refractivity (Wildman–Crippen MR) is 112 cm³/mol. The number of benzene rings is 2. The zero-order valence-electron chi connectivity index (χ0n) is 16.1. The Kier molecular flexibility index (Phi) is 4.54. The normalized spacial score (nSPS) is 19.8. The first-order chi connectivity index (χ1) is 14.1. The monoisotopic (exact) mass is 407 g/mol. The number of thioether (sulfide) groups is 1. The molecule has 3 heterocycles. The summed E-state index contributed by atoms with van der Waals surface area (Å²) >= 11 is 1.52. The Morgan fingerprint density at radius 1 is 1.21 bits per heavy atom.